The lowest BCUT2D eigenvalue weighted by Crippen LogP contribution is -2.36. The van der Waals surface area contributed by atoms with Crippen molar-refractivity contribution < 1.29 is 33.4 Å². The molecule has 0 spiro atoms. The van der Waals surface area contributed by atoms with Gasteiger partial charge in [-0.1, -0.05) is 24.9 Å². The molecule has 0 atom stereocenters. The van der Waals surface area contributed by atoms with Gasteiger partial charge >= 0.3 is 5.97 Å². The molecule has 0 radical (unpaired) electrons. The normalized spacial score (nSPS) is 14.1. The molecule has 3 amide bonds. The molecule has 0 bridgehead atoms. The van der Waals surface area contributed by atoms with Gasteiger partial charge in [-0.05, 0) is 83.0 Å². The number of hydrogen-bond donors (Lipinski definition) is 1. The lowest BCUT2D eigenvalue weighted by molar-refractivity contribution is -0.127. The highest BCUT2D eigenvalue weighted by molar-refractivity contribution is 9.10. The summed E-state index contributed by atoms with van der Waals surface area (Å²) in [5, 5.41) is 2.19. The molecular formula is C26H26BrClN2O7S. The van der Waals surface area contributed by atoms with E-state index in [0.29, 0.717) is 28.1 Å². The van der Waals surface area contributed by atoms with E-state index in [0.717, 1.165) is 29.5 Å². The lowest BCUT2D eigenvalue weighted by Gasteiger charge is -2.13. The molecule has 1 heterocycles. The fourth-order valence-electron chi connectivity index (χ4n) is 3.39. The standard InChI is InChI=1S/C26H26BrClN2O7S/c1-4-6-9-37-25(33)17-13-16(7-8-19(17)28)29-22(31)14-30-24(32)21(38-26(30)34)12-15-10-18(27)23(36-5-2)20(11-15)35-3/h7-8,10-13H,4-6,9,14H2,1-3H3,(H,29,31)/b21-12+. The van der Waals surface area contributed by atoms with Crippen LogP contribution in [0, 0.1) is 0 Å². The van der Waals surface area contributed by atoms with Crippen molar-refractivity contribution in [3.8, 4) is 11.5 Å². The van der Waals surface area contributed by atoms with Gasteiger partial charge in [0.2, 0.25) is 5.91 Å². The van der Waals surface area contributed by atoms with Gasteiger partial charge < -0.3 is 19.5 Å². The number of anilines is 1. The molecular weight excluding hydrogens is 600 g/mol. The van der Waals surface area contributed by atoms with Crippen molar-refractivity contribution in [3.63, 3.8) is 0 Å². The predicted molar refractivity (Wildman–Crippen MR) is 150 cm³/mol. The van der Waals surface area contributed by atoms with Gasteiger partial charge in [0.15, 0.2) is 11.5 Å². The summed E-state index contributed by atoms with van der Waals surface area (Å²) >= 11 is 10.3. The first kappa shape index (κ1) is 29.5. The van der Waals surface area contributed by atoms with Crippen LogP contribution in [0.25, 0.3) is 6.08 Å². The summed E-state index contributed by atoms with van der Waals surface area (Å²) in [5.74, 6) is -0.838. The number of unbranched alkanes of at least 4 members (excludes halogenated alkanes) is 1. The first-order valence-electron chi connectivity index (χ1n) is 11.7. The summed E-state index contributed by atoms with van der Waals surface area (Å²) in [6, 6.07) is 7.77. The number of imide groups is 1. The summed E-state index contributed by atoms with van der Waals surface area (Å²) in [7, 11) is 1.50. The Balaban J connectivity index is 1.70. The molecule has 1 fully saturated rings. The van der Waals surface area contributed by atoms with Crippen molar-refractivity contribution >= 4 is 74.1 Å². The van der Waals surface area contributed by atoms with Crippen LogP contribution >= 0.6 is 39.3 Å². The zero-order valence-corrected chi connectivity index (χ0v) is 24.1. The van der Waals surface area contributed by atoms with E-state index in [1.165, 1.54) is 25.3 Å². The number of methoxy groups -OCH3 is 1. The van der Waals surface area contributed by atoms with Crippen molar-refractivity contribution in [1.29, 1.82) is 0 Å². The zero-order valence-electron chi connectivity index (χ0n) is 21.0. The fourth-order valence-corrected chi connectivity index (χ4v) is 4.99. The third-order valence-electron chi connectivity index (χ3n) is 5.21. The number of thioether (sulfide) groups is 1. The second-order valence-corrected chi connectivity index (χ2v) is 10.2. The van der Waals surface area contributed by atoms with Crippen molar-refractivity contribution in [2.45, 2.75) is 26.7 Å². The Labute approximate surface area is 237 Å². The molecule has 38 heavy (non-hydrogen) atoms. The van der Waals surface area contributed by atoms with Gasteiger partial charge in [-0.3, -0.25) is 19.3 Å². The van der Waals surface area contributed by atoms with Crippen LogP contribution in [0.5, 0.6) is 11.5 Å². The van der Waals surface area contributed by atoms with Crippen LogP contribution < -0.4 is 14.8 Å². The monoisotopic (exact) mass is 624 g/mol. The molecule has 1 N–H and O–H groups in total. The SMILES string of the molecule is CCCCOC(=O)c1cc(NC(=O)CN2C(=O)S/C(=C/c3cc(Br)c(OCC)c(OC)c3)C2=O)ccc1Cl. The molecule has 0 saturated carbocycles. The highest BCUT2D eigenvalue weighted by atomic mass is 79.9. The molecule has 1 aliphatic rings. The van der Waals surface area contributed by atoms with Crippen molar-refractivity contribution in [2.75, 3.05) is 32.2 Å². The average Bonchev–Trinajstić information content (AvgIpc) is 3.13. The Bertz CT molecular complexity index is 1280. The Morgan fingerprint density at radius 2 is 1.95 bits per heavy atom. The predicted octanol–water partition coefficient (Wildman–Crippen LogP) is 6.14. The van der Waals surface area contributed by atoms with Crippen molar-refractivity contribution in [3.05, 3.63) is 55.9 Å². The molecule has 202 valence electrons. The maximum atomic E-state index is 12.9. The number of amides is 3. The van der Waals surface area contributed by atoms with Crippen LogP contribution in [0.15, 0.2) is 39.7 Å². The molecule has 2 aromatic rings. The third kappa shape index (κ3) is 7.30. The minimum absolute atomic E-state index is 0.103. The van der Waals surface area contributed by atoms with Gasteiger partial charge in [-0.15, -0.1) is 0 Å². The van der Waals surface area contributed by atoms with E-state index in [9.17, 15) is 19.2 Å². The van der Waals surface area contributed by atoms with Gasteiger partial charge in [0, 0.05) is 5.69 Å². The fraction of sp³-hybridized carbons (Fsp3) is 0.308. The highest BCUT2D eigenvalue weighted by Gasteiger charge is 2.36. The smallest absolute Gasteiger partial charge is 0.339 e. The molecule has 0 aromatic heterocycles. The molecule has 0 aliphatic carbocycles. The van der Waals surface area contributed by atoms with Gasteiger partial charge in [0.05, 0.1) is 40.3 Å². The number of benzene rings is 2. The number of hydrogen-bond acceptors (Lipinski definition) is 8. The number of carbonyl (C=O) groups is 4. The summed E-state index contributed by atoms with van der Waals surface area (Å²) in [4.78, 5) is 51.4. The molecule has 1 aliphatic heterocycles. The van der Waals surface area contributed by atoms with Gasteiger partial charge in [-0.25, -0.2) is 4.79 Å². The second kappa shape index (κ2) is 13.7. The molecule has 3 rings (SSSR count). The van der Waals surface area contributed by atoms with Crippen molar-refractivity contribution in [1.82, 2.24) is 4.90 Å². The van der Waals surface area contributed by atoms with E-state index >= 15 is 0 Å². The minimum atomic E-state index is -0.619. The Morgan fingerprint density at radius 3 is 2.63 bits per heavy atom. The summed E-state index contributed by atoms with van der Waals surface area (Å²) in [5.41, 5.74) is 0.981. The number of nitrogens with one attached hydrogen (secondary N) is 1. The summed E-state index contributed by atoms with van der Waals surface area (Å²) in [6.45, 7) is 4.02. The van der Waals surface area contributed by atoms with Gasteiger partial charge in [0.25, 0.3) is 11.1 Å². The van der Waals surface area contributed by atoms with Crippen LogP contribution in [0.1, 0.15) is 42.6 Å². The largest absolute Gasteiger partial charge is 0.493 e. The number of ether oxygens (including phenoxy) is 3. The molecule has 9 nitrogen and oxygen atoms in total. The first-order valence-corrected chi connectivity index (χ1v) is 13.7. The van der Waals surface area contributed by atoms with Crippen molar-refractivity contribution in [2.24, 2.45) is 0 Å². The summed E-state index contributed by atoms with van der Waals surface area (Å²) in [6.07, 6.45) is 3.13. The highest BCUT2D eigenvalue weighted by Crippen LogP contribution is 2.39. The Hall–Kier alpha value is -3.02. The average molecular weight is 626 g/mol. The number of nitrogens with zero attached hydrogens (tertiary/aromatic N) is 1. The van der Waals surface area contributed by atoms with Crippen LogP contribution in [-0.4, -0.2) is 54.8 Å². The zero-order chi connectivity index (χ0) is 27.8. The molecule has 2 aromatic carbocycles. The van der Waals surface area contributed by atoms with Crippen LogP contribution in [0.2, 0.25) is 5.02 Å². The Kier molecular flexibility index (Phi) is 10.6. The second-order valence-electron chi connectivity index (χ2n) is 7.97. The van der Waals surface area contributed by atoms with Gasteiger partial charge in [-0.2, -0.15) is 0 Å². The topological polar surface area (TPSA) is 111 Å². The first-order chi connectivity index (χ1) is 18.2. The molecule has 1 saturated heterocycles. The van der Waals surface area contributed by atoms with E-state index in [4.69, 9.17) is 25.8 Å². The maximum Gasteiger partial charge on any atom is 0.339 e. The van der Waals surface area contributed by atoms with E-state index in [-0.39, 0.29) is 27.8 Å². The van der Waals surface area contributed by atoms with E-state index in [1.54, 1.807) is 18.2 Å². The van der Waals surface area contributed by atoms with E-state index in [1.807, 2.05) is 13.8 Å². The molecule has 12 heteroatoms. The summed E-state index contributed by atoms with van der Waals surface area (Å²) < 4.78 is 16.8. The number of esters is 1. The van der Waals surface area contributed by atoms with Crippen LogP contribution in [0.4, 0.5) is 10.5 Å². The maximum absolute atomic E-state index is 12.9. The van der Waals surface area contributed by atoms with Crippen LogP contribution in [0.3, 0.4) is 0 Å². The number of rotatable bonds is 11. The minimum Gasteiger partial charge on any atom is -0.493 e. The van der Waals surface area contributed by atoms with E-state index < -0.39 is 29.6 Å². The number of carbonyl (C=O) groups excluding carboxylic acids is 4. The lowest BCUT2D eigenvalue weighted by atomic mass is 10.2. The van der Waals surface area contributed by atoms with Gasteiger partial charge in [0.1, 0.15) is 6.54 Å². The molecule has 0 unspecified atom stereocenters. The quantitative estimate of drug-likeness (QED) is 0.180. The van der Waals surface area contributed by atoms with Crippen LogP contribution in [-0.2, 0) is 14.3 Å². The van der Waals surface area contributed by atoms with E-state index in [2.05, 4.69) is 21.2 Å². The third-order valence-corrected chi connectivity index (χ3v) is 7.04. The number of halogens is 2. The Morgan fingerprint density at radius 1 is 1.18 bits per heavy atom.